The average Bonchev–Trinajstić information content (AvgIpc) is 2.90. The lowest BCUT2D eigenvalue weighted by atomic mass is 9.88. The van der Waals surface area contributed by atoms with E-state index < -0.39 is 6.09 Å². The second-order valence-corrected chi connectivity index (χ2v) is 8.57. The number of benzene rings is 3. The van der Waals surface area contributed by atoms with E-state index in [-0.39, 0.29) is 17.9 Å². The van der Waals surface area contributed by atoms with Gasteiger partial charge in [-0.25, -0.2) is 4.79 Å². The summed E-state index contributed by atoms with van der Waals surface area (Å²) in [5.74, 6) is 0.671. The third-order valence-corrected chi connectivity index (χ3v) is 6.21. The van der Waals surface area contributed by atoms with Crippen LogP contribution in [0.1, 0.15) is 28.8 Å². The smallest absolute Gasteiger partial charge is 0.411 e. The Morgan fingerprint density at radius 3 is 2.17 bits per heavy atom. The second-order valence-electron chi connectivity index (χ2n) is 8.57. The van der Waals surface area contributed by atoms with E-state index in [0.717, 1.165) is 31.5 Å². The molecule has 2 amide bonds. The molecule has 0 bridgehead atoms. The molecule has 0 aromatic heterocycles. The molecule has 1 atom stereocenters. The lowest BCUT2D eigenvalue weighted by molar-refractivity contribution is 0.0599. The molecule has 1 unspecified atom stereocenters. The minimum absolute atomic E-state index is 0.236. The second kappa shape index (κ2) is 12.0. The highest BCUT2D eigenvalue weighted by atomic mass is 16.6. The van der Waals surface area contributed by atoms with Crippen LogP contribution in [-0.4, -0.2) is 38.3 Å². The summed E-state index contributed by atoms with van der Waals surface area (Å²) in [4.78, 5) is 25.7. The number of rotatable bonds is 8. The predicted molar refractivity (Wildman–Crippen MR) is 137 cm³/mol. The summed E-state index contributed by atoms with van der Waals surface area (Å²) in [5.41, 5.74) is 2.59. The summed E-state index contributed by atoms with van der Waals surface area (Å²) in [7, 11) is 1.58. The Bertz CT molecular complexity index is 1110. The van der Waals surface area contributed by atoms with Gasteiger partial charge in [-0.1, -0.05) is 42.5 Å². The minimum atomic E-state index is -0.532. The molecule has 1 heterocycles. The molecule has 3 aromatic carbocycles. The quantitative estimate of drug-likeness (QED) is 0.423. The van der Waals surface area contributed by atoms with Crippen LogP contribution in [0.5, 0.6) is 5.75 Å². The molecule has 1 aliphatic rings. The summed E-state index contributed by atoms with van der Waals surface area (Å²) in [6.07, 6.45) is 1.81. The normalized spacial score (nSPS) is 14.5. The minimum Gasteiger partial charge on any atom is -0.497 e. The van der Waals surface area contributed by atoms with Crippen LogP contribution < -0.4 is 20.7 Å². The molecular weight excluding hydrogens is 442 g/mol. The number of carbonyl (C=O) groups is 2. The first kappa shape index (κ1) is 24.3. The number of ether oxygens (including phenoxy) is 2. The van der Waals surface area contributed by atoms with Crippen molar-refractivity contribution in [1.29, 1.82) is 0 Å². The fraction of sp³-hybridized carbons (Fsp3) is 0.286. The van der Waals surface area contributed by atoms with Gasteiger partial charge >= 0.3 is 6.09 Å². The van der Waals surface area contributed by atoms with Gasteiger partial charge in [-0.15, -0.1) is 0 Å². The standard InChI is InChI=1S/C28H31N3O4/c1-34-23-13-11-22(12-14-23)27(32)30-24-9-5-6-10-25(24)31-28(33)35-26(21-15-17-29-18-16-21)19-20-7-3-2-4-8-20/h2-14,21,26,29H,15-19H2,1H3,(H,30,32)(H,31,33). The molecule has 3 N–H and O–H groups in total. The van der Waals surface area contributed by atoms with E-state index in [0.29, 0.717) is 29.1 Å². The van der Waals surface area contributed by atoms with Crippen LogP contribution >= 0.6 is 0 Å². The van der Waals surface area contributed by atoms with Crippen molar-refractivity contribution in [2.45, 2.75) is 25.4 Å². The first-order valence-electron chi connectivity index (χ1n) is 11.9. The maximum Gasteiger partial charge on any atom is 0.411 e. The fourth-order valence-electron chi connectivity index (χ4n) is 4.28. The zero-order chi connectivity index (χ0) is 24.5. The Morgan fingerprint density at radius 2 is 1.51 bits per heavy atom. The van der Waals surface area contributed by atoms with E-state index in [2.05, 4.69) is 28.1 Å². The molecule has 1 saturated heterocycles. The number of hydrogen-bond donors (Lipinski definition) is 3. The molecule has 1 fully saturated rings. The van der Waals surface area contributed by atoms with Gasteiger partial charge in [-0.2, -0.15) is 0 Å². The van der Waals surface area contributed by atoms with Crippen molar-refractivity contribution in [2.75, 3.05) is 30.8 Å². The van der Waals surface area contributed by atoms with E-state index in [9.17, 15) is 9.59 Å². The summed E-state index contributed by atoms with van der Waals surface area (Å²) in [5, 5.41) is 9.07. The highest BCUT2D eigenvalue weighted by Gasteiger charge is 2.27. The van der Waals surface area contributed by atoms with Crippen molar-refractivity contribution in [3.8, 4) is 5.75 Å². The molecule has 1 aliphatic heterocycles. The molecule has 0 radical (unpaired) electrons. The Morgan fingerprint density at radius 1 is 0.886 bits per heavy atom. The van der Waals surface area contributed by atoms with Gasteiger partial charge in [0, 0.05) is 12.0 Å². The number of anilines is 2. The zero-order valence-electron chi connectivity index (χ0n) is 19.8. The van der Waals surface area contributed by atoms with Crippen LogP contribution in [-0.2, 0) is 11.2 Å². The van der Waals surface area contributed by atoms with Crippen LogP contribution in [0.15, 0.2) is 78.9 Å². The first-order chi connectivity index (χ1) is 17.1. The van der Waals surface area contributed by atoms with E-state index in [1.54, 1.807) is 55.6 Å². The molecular formula is C28H31N3O4. The Labute approximate surface area is 205 Å². The van der Waals surface area contributed by atoms with Gasteiger partial charge in [0.05, 0.1) is 18.5 Å². The number of para-hydroxylation sites is 2. The maximum absolute atomic E-state index is 13.0. The van der Waals surface area contributed by atoms with Gasteiger partial charge in [-0.05, 0) is 73.8 Å². The van der Waals surface area contributed by atoms with Crippen molar-refractivity contribution in [3.05, 3.63) is 90.0 Å². The van der Waals surface area contributed by atoms with Gasteiger partial charge in [0.25, 0.3) is 5.91 Å². The van der Waals surface area contributed by atoms with Crippen LogP contribution in [0, 0.1) is 5.92 Å². The van der Waals surface area contributed by atoms with Gasteiger partial charge in [0.2, 0.25) is 0 Å². The van der Waals surface area contributed by atoms with E-state index >= 15 is 0 Å². The molecule has 35 heavy (non-hydrogen) atoms. The molecule has 0 spiro atoms. The van der Waals surface area contributed by atoms with Crippen molar-refractivity contribution < 1.29 is 19.1 Å². The average molecular weight is 474 g/mol. The number of hydrogen-bond acceptors (Lipinski definition) is 5. The monoisotopic (exact) mass is 473 g/mol. The van der Waals surface area contributed by atoms with Gasteiger partial charge < -0.3 is 20.1 Å². The highest BCUT2D eigenvalue weighted by molar-refractivity contribution is 6.06. The Hall–Kier alpha value is -3.84. The number of carbonyl (C=O) groups excluding carboxylic acids is 2. The Kier molecular flexibility index (Phi) is 8.35. The third-order valence-electron chi connectivity index (χ3n) is 6.21. The SMILES string of the molecule is COc1ccc(C(=O)Nc2ccccc2NC(=O)OC(Cc2ccccc2)C2CCNCC2)cc1. The van der Waals surface area contributed by atoms with Crippen molar-refractivity contribution >= 4 is 23.4 Å². The predicted octanol–water partition coefficient (Wildman–Crippen LogP) is 5.11. The molecule has 3 aromatic rings. The van der Waals surface area contributed by atoms with Crippen molar-refractivity contribution in [1.82, 2.24) is 5.32 Å². The molecule has 0 aliphatic carbocycles. The van der Waals surface area contributed by atoms with Crippen LogP contribution in [0.3, 0.4) is 0 Å². The number of amides is 2. The highest BCUT2D eigenvalue weighted by Crippen LogP contribution is 2.26. The van der Waals surface area contributed by atoms with E-state index in [1.165, 1.54) is 0 Å². The van der Waals surface area contributed by atoms with E-state index in [1.807, 2.05) is 18.2 Å². The van der Waals surface area contributed by atoms with Crippen LogP contribution in [0.2, 0.25) is 0 Å². The molecule has 0 saturated carbocycles. The summed E-state index contributed by atoms with van der Waals surface area (Å²) < 4.78 is 11.1. The summed E-state index contributed by atoms with van der Waals surface area (Å²) in [6, 6.07) is 24.0. The summed E-state index contributed by atoms with van der Waals surface area (Å²) in [6.45, 7) is 1.84. The fourth-order valence-corrected chi connectivity index (χ4v) is 4.28. The zero-order valence-corrected chi connectivity index (χ0v) is 19.8. The van der Waals surface area contributed by atoms with Gasteiger partial charge in [0.1, 0.15) is 11.9 Å². The van der Waals surface area contributed by atoms with Gasteiger partial charge in [0.15, 0.2) is 0 Å². The van der Waals surface area contributed by atoms with Crippen LogP contribution in [0.4, 0.5) is 16.2 Å². The number of piperidine rings is 1. The lowest BCUT2D eigenvalue weighted by Gasteiger charge is -2.30. The molecule has 182 valence electrons. The van der Waals surface area contributed by atoms with Crippen molar-refractivity contribution in [2.24, 2.45) is 5.92 Å². The Balaban J connectivity index is 1.43. The van der Waals surface area contributed by atoms with Crippen LogP contribution in [0.25, 0.3) is 0 Å². The molecule has 7 nitrogen and oxygen atoms in total. The third kappa shape index (κ3) is 6.83. The van der Waals surface area contributed by atoms with E-state index in [4.69, 9.17) is 9.47 Å². The maximum atomic E-state index is 13.0. The molecule has 4 rings (SSSR count). The van der Waals surface area contributed by atoms with Crippen molar-refractivity contribution in [3.63, 3.8) is 0 Å². The number of nitrogens with one attached hydrogen (secondary N) is 3. The first-order valence-corrected chi connectivity index (χ1v) is 11.9. The number of methoxy groups -OCH3 is 1. The molecule has 7 heteroatoms. The lowest BCUT2D eigenvalue weighted by Crippen LogP contribution is -2.38. The summed E-state index contributed by atoms with van der Waals surface area (Å²) >= 11 is 0. The van der Waals surface area contributed by atoms with Gasteiger partial charge in [-0.3, -0.25) is 10.1 Å². The largest absolute Gasteiger partial charge is 0.497 e. The topological polar surface area (TPSA) is 88.7 Å².